The lowest BCUT2D eigenvalue weighted by atomic mass is 10.1. The summed E-state index contributed by atoms with van der Waals surface area (Å²) in [5.74, 6) is 1.11. The minimum atomic E-state index is 0.420. The molecule has 1 aromatic carbocycles. The third kappa shape index (κ3) is 2.99. The largest absolute Gasteiger partial charge is 0.494 e. The molecule has 124 valence electrons. The van der Waals surface area contributed by atoms with Gasteiger partial charge in [-0.15, -0.1) is 0 Å². The first-order chi connectivity index (χ1) is 11.7. The third-order valence-electron chi connectivity index (χ3n) is 3.32. The van der Waals surface area contributed by atoms with Gasteiger partial charge in [-0.05, 0) is 6.07 Å². The van der Waals surface area contributed by atoms with Crippen LogP contribution < -0.4 is 15.8 Å². The van der Waals surface area contributed by atoms with Gasteiger partial charge in [0.2, 0.25) is 0 Å². The summed E-state index contributed by atoms with van der Waals surface area (Å²) in [6, 6.07) is 3.40. The fraction of sp³-hybridized carbons (Fsp3) is 0.200. The summed E-state index contributed by atoms with van der Waals surface area (Å²) in [5.41, 5.74) is 8.24. The van der Waals surface area contributed by atoms with Crippen LogP contribution in [0.3, 0.4) is 0 Å². The second-order valence-corrected chi connectivity index (χ2v) is 5.93. The van der Waals surface area contributed by atoms with Gasteiger partial charge in [-0.1, -0.05) is 11.3 Å². The zero-order valence-electron chi connectivity index (χ0n) is 13.2. The van der Waals surface area contributed by atoms with E-state index in [0.29, 0.717) is 40.6 Å². The summed E-state index contributed by atoms with van der Waals surface area (Å²) in [7, 11) is 3.17. The van der Waals surface area contributed by atoms with Gasteiger partial charge in [-0.3, -0.25) is 0 Å². The molecule has 0 spiro atoms. The highest BCUT2D eigenvalue weighted by atomic mass is 32.1. The van der Waals surface area contributed by atoms with Crippen LogP contribution in [0.15, 0.2) is 18.5 Å². The van der Waals surface area contributed by atoms with Gasteiger partial charge in [-0.2, -0.15) is 0 Å². The number of thiazole rings is 1. The molecule has 3 aromatic rings. The first kappa shape index (κ1) is 16.1. The summed E-state index contributed by atoms with van der Waals surface area (Å²) in [4.78, 5) is 13.8. The van der Waals surface area contributed by atoms with E-state index in [0.717, 1.165) is 9.84 Å². The van der Waals surface area contributed by atoms with Crippen LogP contribution in [-0.4, -0.2) is 35.4 Å². The zero-order valence-corrected chi connectivity index (χ0v) is 14.0. The van der Waals surface area contributed by atoms with Crippen molar-refractivity contribution >= 4 is 45.1 Å². The van der Waals surface area contributed by atoms with Gasteiger partial charge in [0, 0.05) is 30.6 Å². The SMILES string of the molecule is COCc1nc2c(Nc3cc(C=N)c(N)cc3OC)ncnc2s1. The van der Waals surface area contributed by atoms with E-state index < -0.39 is 0 Å². The number of methoxy groups -OCH3 is 2. The lowest BCUT2D eigenvalue weighted by molar-refractivity contribution is 0.185. The van der Waals surface area contributed by atoms with Crippen molar-refractivity contribution in [3.05, 3.63) is 29.0 Å². The number of nitrogens with two attached hydrogens (primary N) is 1. The highest BCUT2D eigenvalue weighted by Gasteiger charge is 2.14. The molecule has 8 nitrogen and oxygen atoms in total. The first-order valence-corrected chi connectivity index (χ1v) is 7.82. The molecule has 2 aromatic heterocycles. The fourth-order valence-electron chi connectivity index (χ4n) is 2.21. The Labute approximate surface area is 142 Å². The quantitative estimate of drug-likeness (QED) is 0.464. The van der Waals surface area contributed by atoms with Crippen LogP contribution in [-0.2, 0) is 11.3 Å². The topological polar surface area (TPSA) is 119 Å². The molecule has 0 saturated heterocycles. The fourth-order valence-corrected chi connectivity index (χ4v) is 3.08. The van der Waals surface area contributed by atoms with Crippen LogP contribution in [0, 0.1) is 5.41 Å². The van der Waals surface area contributed by atoms with Crippen molar-refractivity contribution in [2.75, 3.05) is 25.3 Å². The second kappa shape index (κ2) is 6.77. The molecule has 2 heterocycles. The van der Waals surface area contributed by atoms with Crippen molar-refractivity contribution in [2.45, 2.75) is 6.61 Å². The lowest BCUT2D eigenvalue weighted by Crippen LogP contribution is -2.01. The number of benzene rings is 1. The van der Waals surface area contributed by atoms with Gasteiger partial charge in [0.05, 0.1) is 19.4 Å². The molecule has 0 bridgehead atoms. The summed E-state index contributed by atoms with van der Waals surface area (Å²) in [6.07, 6.45) is 2.66. The summed E-state index contributed by atoms with van der Waals surface area (Å²) in [5, 5.41) is 11.5. The highest BCUT2D eigenvalue weighted by Crippen LogP contribution is 2.33. The Balaban J connectivity index is 2.05. The Bertz CT molecular complexity index is 895. The molecule has 0 aliphatic carbocycles. The average molecular weight is 344 g/mol. The maximum atomic E-state index is 7.45. The molecule has 0 unspecified atom stereocenters. The van der Waals surface area contributed by atoms with Crippen molar-refractivity contribution in [3.63, 3.8) is 0 Å². The molecule has 3 rings (SSSR count). The van der Waals surface area contributed by atoms with E-state index in [-0.39, 0.29) is 0 Å². The van der Waals surface area contributed by atoms with Crippen molar-refractivity contribution in [1.29, 1.82) is 5.41 Å². The molecule has 0 aliphatic rings. The summed E-state index contributed by atoms with van der Waals surface area (Å²) in [6.45, 7) is 0.420. The minimum Gasteiger partial charge on any atom is -0.494 e. The van der Waals surface area contributed by atoms with E-state index in [1.807, 2.05) is 0 Å². The predicted octanol–water partition coefficient (Wildman–Crippen LogP) is 2.56. The monoisotopic (exact) mass is 344 g/mol. The molecular weight excluding hydrogens is 328 g/mol. The molecule has 9 heteroatoms. The average Bonchev–Trinajstić information content (AvgIpc) is 3.00. The van der Waals surface area contributed by atoms with Crippen molar-refractivity contribution < 1.29 is 9.47 Å². The van der Waals surface area contributed by atoms with Gasteiger partial charge >= 0.3 is 0 Å². The van der Waals surface area contributed by atoms with Crippen LogP contribution in [0.2, 0.25) is 0 Å². The molecular formula is C15H16N6O2S. The Hall–Kier alpha value is -2.78. The third-order valence-corrected chi connectivity index (χ3v) is 4.26. The van der Waals surface area contributed by atoms with Gasteiger partial charge < -0.3 is 25.9 Å². The minimum absolute atomic E-state index is 0.420. The van der Waals surface area contributed by atoms with E-state index in [4.69, 9.17) is 20.6 Å². The smallest absolute Gasteiger partial charge is 0.161 e. The summed E-state index contributed by atoms with van der Waals surface area (Å²) < 4.78 is 10.5. The van der Waals surface area contributed by atoms with Gasteiger partial charge in [-0.25, -0.2) is 15.0 Å². The number of nitrogens with zero attached hydrogens (tertiary/aromatic N) is 3. The van der Waals surface area contributed by atoms with Gasteiger partial charge in [0.1, 0.15) is 27.4 Å². The first-order valence-electron chi connectivity index (χ1n) is 7.00. The normalized spacial score (nSPS) is 10.8. The number of rotatable bonds is 6. The summed E-state index contributed by atoms with van der Waals surface area (Å²) >= 11 is 1.45. The maximum absolute atomic E-state index is 7.45. The van der Waals surface area contributed by atoms with E-state index in [9.17, 15) is 0 Å². The number of hydrogen-bond acceptors (Lipinski definition) is 9. The number of hydrogen-bond donors (Lipinski definition) is 3. The number of fused-ring (bicyclic) bond motifs is 1. The number of nitrogen functional groups attached to an aromatic ring is 1. The maximum Gasteiger partial charge on any atom is 0.161 e. The molecule has 0 saturated carbocycles. The van der Waals surface area contributed by atoms with Crippen molar-refractivity contribution in [3.8, 4) is 5.75 Å². The van der Waals surface area contributed by atoms with Crippen LogP contribution in [0.25, 0.3) is 10.3 Å². The second-order valence-electron chi connectivity index (χ2n) is 4.87. The number of nitrogens with one attached hydrogen (secondary N) is 2. The molecule has 4 N–H and O–H groups in total. The predicted molar refractivity (Wildman–Crippen MR) is 94.5 cm³/mol. The molecule has 0 fully saturated rings. The molecule has 0 radical (unpaired) electrons. The Kier molecular flexibility index (Phi) is 4.54. The van der Waals surface area contributed by atoms with Crippen LogP contribution in [0.5, 0.6) is 5.75 Å². The molecule has 0 atom stereocenters. The van der Waals surface area contributed by atoms with E-state index >= 15 is 0 Å². The molecule has 0 aliphatic heterocycles. The molecule has 0 amide bonds. The molecule has 24 heavy (non-hydrogen) atoms. The van der Waals surface area contributed by atoms with Crippen LogP contribution in [0.4, 0.5) is 17.2 Å². The van der Waals surface area contributed by atoms with Crippen LogP contribution >= 0.6 is 11.3 Å². The Morgan fingerprint density at radius 3 is 2.88 bits per heavy atom. The number of aromatic nitrogens is 3. The van der Waals surface area contributed by atoms with E-state index in [1.165, 1.54) is 23.9 Å². The number of anilines is 3. The van der Waals surface area contributed by atoms with Crippen LogP contribution in [0.1, 0.15) is 10.6 Å². The van der Waals surface area contributed by atoms with Gasteiger partial charge in [0.15, 0.2) is 5.82 Å². The number of ether oxygens (including phenoxy) is 2. The van der Waals surface area contributed by atoms with Crippen molar-refractivity contribution in [2.24, 2.45) is 0 Å². The van der Waals surface area contributed by atoms with Crippen molar-refractivity contribution in [1.82, 2.24) is 15.0 Å². The Morgan fingerprint density at radius 2 is 2.17 bits per heavy atom. The van der Waals surface area contributed by atoms with E-state index in [2.05, 4.69) is 20.3 Å². The Morgan fingerprint density at radius 1 is 1.33 bits per heavy atom. The zero-order chi connectivity index (χ0) is 17.1. The van der Waals surface area contributed by atoms with Gasteiger partial charge in [0.25, 0.3) is 0 Å². The highest BCUT2D eigenvalue weighted by molar-refractivity contribution is 7.18. The van der Waals surface area contributed by atoms with E-state index in [1.54, 1.807) is 26.4 Å². The lowest BCUT2D eigenvalue weighted by Gasteiger charge is -2.13. The standard InChI is InChI=1S/C15H16N6O2S/c1-22-6-12-21-13-14(18-7-19-15(13)24-12)20-10-3-8(5-16)9(17)4-11(10)23-2/h3-5,7,16H,6,17H2,1-2H3,(H,18,19,20).